The first-order valence-electron chi connectivity index (χ1n) is 6.95. The molecular formula is C16H19NO4Si. The Kier molecular flexibility index (Phi) is 4.94. The van der Waals surface area contributed by atoms with E-state index in [-0.39, 0.29) is 12.3 Å². The molecule has 0 heterocycles. The summed E-state index contributed by atoms with van der Waals surface area (Å²) in [6.07, 6.45) is 0. The Labute approximate surface area is 130 Å². The zero-order valence-electron chi connectivity index (χ0n) is 12.9. The molecule has 0 fully saturated rings. The lowest BCUT2D eigenvalue weighted by molar-refractivity contribution is -0.385. The Bertz CT molecular complexity index is 658. The van der Waals surface area contributed by atoms with Crippen molar-refractivity contribution >= 4 is 19.2 Å². The number of nitrogens with zero attached hydrogens (tertiary/aromatic N) is 1. The summed E-state index contributed by atoms with van der Waals surface area (Å²) in [5, 5.41) is 12.3. The number of ether oxygens (including phenoxy) is 1. The second-order valence-corrected chi connectivity index (χ2v) is 9.30. The Morgan fingerprint density at radius 3 is 2.41 bits per heavy atom. The molecule has 0 unspecified atom stereocenters. The molecule has 0 bridgehead atoms. The maximum Gasteiger partial charge on any atom is 0.278 e. The normalized spacial score (nSPS) is 11.2. The molecule has 0 aliphatic carbocycles. The number of benzene rings is 2. The number of hydrogen-bond donors (Lipinski definition) is 0. The highest BCUT2D eigenvalue weighted by Gasteiger charge is 2.26. The molecule has 0 saturated carbocycles. The van der Waals surface area contributed by atoms with Crippen LogP contribution in [0.5, 0.6) is 5.75 Å². The maximum absolute atomic E-state index is 11.2. The summed E-state index contributed by atoms with van der Waals surface area (Å²) in [5.41, 5.74) is 0.583. The molecule has 0 radical (unpaired) electrons. The molecule has 2 aromatic rings. The van der Waals surface area contributed by atoms with Gasteiger partial charge in [0.15, 0.2) is 0 Å². The van der Waals surface area contributed by atoms with Crippen LogP contribution in [0.4, 0.5) is 5.69 Å². The van der Waals surface area contributed by atoms with E-state index in [0.717, 1.165) is 5.19 Å². The van der Waals surface area contributed by atoms with Gasteiger partial charge < -0.3 is 9.16 Å². The summed E-state index contributed by atoms with van der Waals surface area (Å²) >= 11 is 0. The van der Waals surface area contributed by atoms with Crippen LogP contribution >= 0.6 is 0 Å². The van der Waals surface area contributed by atoms with Gasteiger partial charge in [0.25, 0.3) is 5.69 Å². The zero-order chi connectivity index (χ0) is 16.2. The minimum atomic E-state index is -2.10. The van der Waals surface area contributed by atoms with Crippen LogP contribution < -0.4 is 9.92 Å². The van der Waals surface area contributed by atoms with Gasteiger partial charge in [-0.1, -0.05) is 30.3 Å². The zero-order valence-corrected chi connectivity index (χ0v) is 13.9. The first kappa shape index (κ1) is 16.2. The van der Waals surface area contributed by atoms with E-state index in [4.69, 9.17) is 9.16 Å². The highest BCUT2D eigenvalue weighted by molar-refractivity contribution is 6.84. The highest BCUT2D eigenvalue weighted by Crippen LogP contribution is 2.26. The fraction of sp³-hybridized carbons (Fsp3) is 0.250. The minimum absolute atomic E-state index is 0.0252. The number of hydrogen-bond acceptors (Lipinski definition) is 4. The SMILES string of the molecule is COc1ccc(CO[Si](C)(C)c2ccccc2)c([N+](=O)[O-])c1. The molecule has 22 heavy (non-hydrogen) atoms. The molecule has 116 valence electrons. The van der Waals surface area contributed by atoms with Crippen LogP contribution in [0.25, 0.3) is 0 Å². The van der Waals surface area contributed by atoms with Crippen molar-refractivity contribution in [1.82, 2.24) is 0 Å². The van der Waals surface area contributed by atoms with E-state index in [2.05, 4.69) is 13.1 Å². The Morgan fingerprint density at radius 1 is 1.14 bits per heavy atom. The summed E-state index contributed by atoms with van der Waals surface area (Å²) in [6, 6.07) is 14.8. The number of nitro benzene ring substituents is 1. The van der Waals surface area contributed by atoms with Gasteiger partial charge in [-0.05, 0) is 30.4 Å². The molecule has 0 aliphatic heterocycles. The van der Waals surface area contributed by atoms with E-state index in [9.17, 15) is 10.1 Å². The van der Waals surface area contributed by atoms with Crippen molar-refractivity contribution in [3.8, 4) is 5.75 Å². The summed E-state index contributed by atoms with van der Waals surface area (Å²) in [6.45, 7) is 4.38. The summed E-state index contributed by atoms with van der Waals surface area (Å²) in [5.74, 6) is 0.468. The standard InChI is InChI=1S/C16H19NO4Si/c1-20-14-10-9-13(16(11-14)17(18)19)12-21-22(2,3)15-7-5-4-6-8-15/h4-11H,12H2,1-3H3. The van der Waals surface area contributed by atoms with E-state index in [1.807, 2.05) is 30.3 Å². The lowest BCUT2D eigenvalue weighted by Crippen LogP contribution is -2.44. The second kappa shape index (κ2) is 6.72. The highest BCUT2D eigenvalue weighted by atomic mass is 28.4. The molecule has 6 heteroatoms. The van der Waals surface area contributed by atoms with Crippen LogP contribution in [0.3, 0.4) is 0 Å². The largest absolute Gasteiger partial charge is 0.497 e. The van der Waals surface area contributed by atoms with Gasteiger partial charge in [-0.25, -0.2) is 0 Å². The molecule has 0 saturated heterocycles. The third-order valence-electron chi connectivity index (χ3n) is 3.55. The lowest BCUT2D eigenvalue weighted by Gasteiger charge is -2.23. The van der Waals surface area contributed by atoms with Gasteiger partial charge in [0, 0.05) is 0 Å². The number of methoxy groups -OCH3 is 1. The molecule has 0 amide bonds. The van der Waals surface area contributed by atoms with Gasteiger partial charge in [-0.15, -0.1) is 0 Å². The van der Waals surface area contributed by atoms with Crippen molar-refractivity contribution < 1.29 is 14.1 Å². The first-order valence-corrected chi connectivity index (χ1v) is 9.85. The van der Waals surface area contributed by atoms with Crippen molar-refractivity contribution in [3.63, 3.8) is 0 Å². The molecular weight excluding hydrogens is 298 g/mol. The predicted octanol–water partition coefficient (Wildman–Crippen LogP) is 3.23. The van der Waals surface area contributed by atoms with Gasteiger partial charge in [0.05, 0.1) is 30.3 Å². The molecule has 2 rings (SSSR count). The third-order valence-corrected chi connectivity index (χ3v) is 6.14. The summed E-state index contributed by atoms with van der Waals surface area (Å²) < 4.78 is 11.1. The molecule has 0 aromatic heterocycles. The van der Waals surface area contributed by atoms with Crippen LogP contribution in [0.2, 0.25) is 13.1 Å². The van der Waals surface area contributed by atoms with E-state index in [1.54, 1.807) is 12.1 Å². The van der Waals surface area contributed by atoms with Crippen molar-refractivity contribution in [2.75, 3.05) is 7.11 Å². The van der Waals surface area contributed by atoms with Crippen LogP contribution in [-0.4, -0.2) is 20.4 Å². The van der Waals surface area contributed by atoms with Gasteiger partial charge in [0.1, 0.15) is 5.75 Å². The van der Waals surface area contributed by atoms with Crippen LogP contribution in [0.15, 0.2) is 48.5 Å². The van der Waals surface area contributed by atoms with Crippen molar-refractivity contribution in [2.45, 2.75) is 19.7 Å². The van der Waals surface area contributed by atoms with Gasteiger partial charge in [-0.3, -0.25) is 10.1 Å². The Balaban J connectivity index is 2.19. The molecule has 0 N–H and O–H groups in total. The summed E-state index contributed by atoms with van der Waals surface area (Å²) in [7, 11) is -0.609. The van der Waals surface area contributed by atoms with Gasteiger partial charge in [-0.2, -0.15) is 0 Å². The van der Waals surface area contributed by atoms with E-state index in [0.29, 0.717) is 11.3 Å². The van der Waals surface area contributed by atoms with E-state index < -0.39 is 13.2 Å². The molecule has 0 atom stereocenters. The van der Waals surface area contributed by atoms with Crippen LogP contribution in [-0.2, 0) is 11.0 Å². The molecule has 0 aliphatic rings. The average molecular weight is 317 g/mol. The topological polar surface area (TPSA) is 61.6 Å². The van der Waals surface area contributed by atoms with Crippen molar-refractivity contribution in [1.29, 1.82) is 0 Å². The third kappa shape index (κ3) is 3.72. The summed E-state index contributed by atoms with van der Waals surface area (Å²) in [4.78, 5) is 10.8. The van der Waals surface area contributed by atoms with Crippen LogP contribution in [0.1, 0.15) is 5.56 Å². The van der Waals surface area contributed by atoms with E-state index >= 15 is 0 Å². The number of nitro groups is 1. The van der Waals surface area contributed by atoms with E-state index in [1.165, 1.54) is 13.2 Å². The average Bonchev–Trinajstić information content (AvgIpc) is 2.53. The maximum atomic E-state index is 11.2. The number of rotatable bonds is 6. The Morgan fingerprint density at radius 2 is 1.82 bits per heavy atom. The van der Waals surface area contributed by atoms with Crippen molar-refractivity contribution in [2.24, 2.45) is 0 Å². The smallest absolute Gasteiger partial charge is 0.278 e. The van der Waals surface area contributed by atoms with Gasteiger partial charge >= 0.3 is 0 Å². The van der Waals surface area contributed by atoms with Crippen molar-refractivity contribution in [3.05, 3.63) is 64.2 Å². The van der Waals surface area contributed by atoms with Crippen LogP contribution in [0, 0.1) is 10.1 Å². The van der Waals surface area contributed by atoms with Gasteiger partial charge in [0.2, 0.25) is 8.32 Å². The Hall–Kier alpha value is -2.18. The molecule has 2 aromatic carbocycles. The lowest BCUT2D eigenvalue weighted by atomic mass is 10.2. The molecule has 5 nitrogen and oxygen atoms in total. The quantitative estimate of drug-likeness (QED) is 0.466. The predicted molar refractivity (Wildman–Crippen MR) is 88.0 cm³/mol. The molecule has 0 spiro atoms. The minimum Gasteiger partial charge on any atom is -0.497 e. The fourth-order valence-corrected chi connectivity index (χ4v) is 3.82. The first-order chi connectivity index (χ1) is 10.4. The second-order valence-electron chi connectivity index (χ2n) is 5.42. The fourth-order valence-electron chi connectivity index (χ4n) is 2.14. The monoisotopic (exact) mass is 317 g/mol.